The summed E-state index contributed by atoms with van der Waals surface area (Å²) in [6.07, 6.45) is 2.16. The highest BCUT2D eigenvalue weighted by molar-refractivity contribution is 5.52. The summed E-state index contributed by atoms with van der Waals surface area (Å²) in [6, 6.07) is 13.5. The number of anilines is 1. The maximum Gasteiger partial charge on any atom is 0.120 e. The zero-order valence-corrected chi connectivity index (χ0v) is 12.0. The van der Waals surface area contributed by atoms with Crippen LogP contribution in [-0.4, -0.2) is 12.2 Å². The van der Waals surface area contributed by atoms with Crippen molar-refractivity contribution < 1.29 is 9.84 Å². The van der Waals surface area contributed by atoms with E-state index in [1.54, 1.807) is 19.2 Å². The molecule has 20 heavy (non-hydrogen) atoms. The van der Waals surface area contributed by atoms with Gasteiger partial charge >= 0.3 is 0 Å². The van der Waals surface area contributed by atoms with Crippen LogP contribution in [-0.2, 0) is 13.0 Å². The standard InChI is InChI=1S/C17H21NO2/c1-3-6-13-7-4-5-8-16(13)18-12-14-11-15(20-2)9-10-17(14)19/h4-5,7-11,18-19H,3,6,12H2,1-2H3. The van der Waals surface area contributed by atoms with Crippen molar-refractivity contribution in [1.82, 2.24) is 0 Å². The van der Waals surface area contributed by atoms with Gasteiger partial charge in [-0.2, -0.15) is 0 Å². The smallest absolute Gasteiger partial charge is 0.120 e. The first-order chi connectivity index (χ1) is 9.74. The number of aryl methyl sites for hydroxylation is 1. The molecular weight excluding hydrogens is 250 g/mol. The Bertz CT molecular complexity index is 567. The van der Waals surface area contributed by atoms with Crippen molar-refractivity contribution in [2.45, 2.75) is 26.3 Å². The molecule has 0 aliphatic rings. The lowest BCUT2D eigenvalue weighted by atomic mass is 10.1. The Labute approximate surface area is 120 Å². The highest BCUT2D eigenvalue weighted by atomic mass is 16.5. The summed E-state index contributed by atoms with van der Waals surface area (Å²) < 4.78 is 5.19. The summed E-state index contributed by atoms with van der Waals surface area (Å²) in [4.78, 5) is 0. The Balaban J connectivity index is 2.12. The van der Waals surface area contributed by atoms with Gasteiger partial charge in [-0.1, -0.05) is 31.5 Å². The molecule has 3 nitrogen and oxygen atoms in total. The first-order valence-electron chi connectivity index (χ1n) is 6.92. The number of phenolic OH excluding ortho intramolecular Hbond substituents is 1. The molecule has 2 rings (SSSR count). The largest absolute Gasteiger partial charge is 0.508 e. The number of benzene rings is 2. The maximum absolute atomic E-state index is 9.89. The monoisotopic (exact) mass is 271 g/mol. The normalized spacial score (nSPS) is 10.3. The first kappa shape index (κ1) is 14.3. The van der Waals surface area contributed by atoms with Crippen molar-refractivity contribution in [3.8, 4) is 11.5 Å². The summed E-state index contributed by atoms with van der Waals surface area (Å²) in [6.45, 7) is 2.74. The van der Waals surface area contributed by atoms with Crippen molar-refractivity contribution in [1.29, 1.82) is 0 Å². The van der Waals surface area contributed by atoms with Crippen LogP contribution in [0.15, 0.2) is 42.5 Å². The fraction of sp³-hybridized carbons (Fsp3) is 0.294. The average Bonchev–Trinajstić information content (AvgIpc) is 2.48. The van der Waals surface area contributed by atoms with Crippen molar-refractivity contribution in [3.63, 3.8) is 0 Å². The van der Waals surface area contributed by atoms with E-state index in [4.69, 9.17) is 4.74 Å². The average molecular weight is 271 g/mol. The molecule has 0 spiro atoms. The minimum atomic E-state index is 0.284. The van der Waals surface area contributed by atoms with E-state index in [0.29, 0.717) is 6.54 Å². The second-order valence-electron chi connectivity index (χ2n) is 4.76. The van der Waals surface area contributed by atoms with Gasteiger partial charge in [-0.15, -0.1) is 0 Å². The van der Waals surface area contributed by atoms with Crippen LogP contribution in [0.5, 0.6) is 11.5 Å². The van der Waals surface area contributed by atoms with Gasteiger partial charge in [-0.05, 0) is 36.2 Å². The van der Waals surface area contributed by atoms with Gasteiger partial charge in [0, 0.05) is 17.8 Å². The van der Waals surface area contributed by atoms with E-state index in [-0.39, 0.29) is 5.75 Å². The number of ether oxygens (including phenoxy) is 1. The van der Waals surface area contributed by atoms with Crippen LogP contribution in [0.25, 0.3) is 0 Å². The lowest BCUT2D eigenvalue weighted by Gasteiger charge is -2.13. The molecule has 0 bridgehead atoms. The molecule has 3 heteroatoms. The summed E-state index contributed by atoms with van der Waals surface area (Å²) in [5.41, 5.74) is 3.25. The molecule has 0 atom stereocenters. The fourth-order valence-electron chi connectivity index (χ4n) is 2.20. The molecule has 106 valence electrons. The van der Waals surface area contributed by atoms with Crippen LogP contribution in [0.3, 0.4) is 0 Å². The molecule has 0 aromatic heterocycles. The van der Waals surface area contributed by atoms with E-state index in [2.05, 4.69) is 30.4 Å². The van der Waals surface area contributed by atoms with Gasteiger partial charge in [0.1, 0.15) is 11.5 Å². The van der Waals surface area contributed by atoms with Crippen LogP contribution < -0.4 is 10.1 Å². The van der Waals surface area contributed by atoms with Gasteiger partial charge in [0.2, 0.25) is 0 Å². The van der Waals surface area contributed by atoms with E-state index in [0.717, 1.165) is 29.8 Å². The molecule has 2 aromatic rings. The van der Waals surface area contributed by atoms with Gasteiger partial charge < -0.3 is 15.2 Å². The lowest BCUT2D eigenvalue weighted by Crippen LogP contribution is -2.03. The zero-order valence-electron chi connectivity index (χ0n) is 12.0. The molecule has 0 saturated carbocycles. The quantitative estimate of drug-likeness (QED) is 0.835. The second-order valence-corrected chi connectivity index (χ2v) is 4.76. The predicted octanol–water partition coefficient (Wildman–Crippen LogP) is 3.97. The van der Waals surface area contributed by atoms with Crippen LogP contribution in [0, 0.1) is 0 Å². The third kappa shape index (κ3) is 3.44. The number of para-hydroxylation sites is 1. The predicted molar refractivity (Wildman–Crippen MR) is 82.4 cm³/mol. The number of hydrogen-bond donors (Lipinski definition) is 2. The number of aromatic hydroxyl groups is 1. The molecule has 2 N–H and O–H groups in total. The molecule has 2 aromatic carbocycles. The minimum absolute atomic E-state index is 0.284. The Morgan fingerprint density at radius 3 is 2.65 bits per heavy atom. The van der Waals surface area contributed by atoms with Gasteiger partial charge in [-0.25, -0.2) is 0 Å². The van der Waals surface area contributed by atoms with E-state index >= 15 is 0 Å². The van der Waals surface area contributed by atoms with E-state index in [1.807, 2.05) is 12.1 Å². The number of nitrogens with one attached hydrogen (secondary N) is 1. The number of hydrogen-bond acceptors (Lipinski definition) is 3. The Hall–Kier alpha value is -2.16. The number of methoxy groups -OCH3 is 1. The van der Waals surface area contributed by atoms with E-state index in [1.165, 1.54) is 5.56 Å². The molecule has 0 amide bonds. The molecule has 0 aliphatic heterocycles. The van der Waals surface area contributed by atoms with E-state index in [9.17, 15) is 5.11 Å². The van der Waals surface area contributed by atoms with Gasteiger partial charge in [0.15, 0.2) is 0 Å². The van der Waals surface area contributed by atoms with Crippen LogP contribution in [0.2, 0.25) is 0 Å². The fourth-order valence-corrected chi connectivity index (χ4v) is 2.20. The number of rotatable bonds is 6. The van der Waals surface area contributed by atoms with Crippen LogP contribution in [0.4, 0.5) is 5.69 Å². The second kappa shape index (κ2) is 6.85. The Kier molecular flexibility index (Phi) is 4.88. The molecular formula is C17H21NO2. The van der Waals surface area contributed by atoms with Crippen molar-refractivity contribution in [2.75, 3.05) is 12.4 Å². The third-order valence-corrected chi connectivity index (χ3v) is 3.29. The highest BCUT2D eigenvalue weighted by Crippen LogP contribution is 2.25. The SMILES string of the molecule is CCCc1ccccc1NCc1cc(OC)ccc1O. The summed E-state index contributed by atoms with van der Waals surface area (Å²) in [7, 11) is 1.63. The molecule has 0 saturated heterocycles. The molecule has 0 unspecified atom stereocenters. The first-order valence-corrected chi connectivity index (χ1v) is 6.92. The topological polar surface area (TPSA) is 41.5 Å². The minimum Gasteiger partial charge on any atom is -0.508 e. The van der Waals surface area contributed by atoms with Crippen molar-refractivity contribution in [3.05, 3.63) is 53.6 Å². The molecule has 0 heterocycles. The number of phenols is 1. The third-order valence-electron chi connectivity index (χ3n) is 3.29. The van der Waals surface area contributed by atoms with Gasteiger partial charge in [-0.3, -0.25) is 0 Å². The molecule has 0 radical (unpaired) electrons. The molecule has 0 aliphatic carbocycles. The zero-order chi connectivity index (χ0) is 14.4. The van der Waals surface area contributed by atoms with E-state index < -0.39 is 0 Å². The van der Waals surface area contributed by atoms with Crippen LogP contribution >= 0.6 is 0 Å². The Morgan fingerprint density at radius 1 is 1.10 bits per heavy atom. The van der Waals surface area contributed by atoms with Crippen molar-refractivity contribution >= 4 is 5.69 Å². The summed E-state index contributed by atoms with van der Waals surface area (Å²) in [5.74, 6) is 1.03. The Morgan fingerprint density at radius 2 is 1.90 bits per heavy atom. The highest BCUT2D eigenvalue weighted by Gasteiger charge is 2.05. The van der Waals surface area contributed by atoms with Crippen molar-refractivity contribution in [2.24, 2.45) is 0 Å². The summed E-state index contributed by atoms with van der Waals surface area (Å²) in [5, 5.41) is 13.3. The van der Waals surface area contributed by atoms with Crippen LogP contribution in [0.1, 0.15) is 24.5 Å². The molecule has 0 fully saturated rings. The van der Waals surface area contributed by atoms with Gasteiger partial charge in [0.05, 0.1) is 7.11 Å². The van der Waals surface area contributed by atoms with Gasteiger partial charge in [0.25, 0.3) is 0 Å². The lowest BCUT2D eigenvalue weighted by molar-refractivity contribution is 0.411. The maximum atomic E-state index is 9.89. The summed E-state index contributed by atoms with van der Waals surface area (Å²) >= 11 is 0.